The van der Waals surface area contributed by atoms with Crippen molar-refractivity contribution < 1.29 is 4.74 Å². The Morgan fingerprint density at radius 2 is 2.11 bits per heavy atom. The Hall–Kier alpha value is -0.380. The summed E-state index contributed by atoms with van der Waals surface area (Å²) >= 11 is 3.46. The van der Waals surface area contributed by atoms with Gasteiger partial charge < -0.3 is 10.5 Å². The van der Waals surface area contributed by atoms with Crippen LogP contribution in [0.2, 0.25) is 0 Å². The molecule has 0 saturated carbocycles. The first kappa shape index (κ1) is 14.0. The van der Waals surface area contributed by atoms with Crippen LogP contribution in [-0.4, -0.2) is 19.3 Å². The first-order chi connectivity index (χ1) is 8.78. The van der Waals surface area contributed by atoms with E-state index in [1.165, 1.54) is 31.2 Å². The van der Waals surface area contributed by atoms with Gasteiger partial charge in [-0.3, -0.25) is 0 Å². The summed E-state index contributed by atoms with van der Waals surface area (Å²) in [6.07, 6.45) is 6.37. The zero-order valence-electron chi connectivity index (χ0n) is 10.8. The summed E-state index contributed by atoms with van der Waals surface area (Å²) in [6, 6.07) is 8.56. The van der Waals surface area contributed by atoms with Crippen LogP contribution in [0.1, 0.15) is 31.2 Å². The normalized spacial score (nSPS) is 21.1. The van der Waals surface area contributed by atoms with Gasteiger partial charge in [-0.15, -0.1) is 0 Å². The number of hydrogen-bond acceptors (Lipinski definition) is 2. The number of rotatable bonds is 6. The lowest BCUT2D eigenvalue weighted by Gasteiger charge is -2.17. The predicted octanol–water partition coefficient (Wildman–Crippen LogP) is 3.53. The molecule has 0 radical (unpaired) electrons. The van der Waals surface area contributed by atoms with E-state index < -0.39 is 0 Å². The average Bonchev–Trinajstić information content (AvgIpc) is 2.90. The topological polar surface area (TPSA) is 35.2 Å². The highest BCUT2D eigenvalue weighted by Crippen LogP contribution is 2.22. The number of halogens is 1. The minimum absolute atomic E-state index is 0.490. The van der Waals surface area contributed by atoms with Crippen LogP contribution >= 0.6 is 15.9 Å². The van der Waals surface area contributed by atoms with Crippen molar-refractivity contribution in [2.75, 3.05) is 13.2 Å². The molecular formula is C15H22BrNO. The summed E-state index contributed by atoms with van der Waals surface area (Å²) in [7, 11) is 0. The van der Waals surface area contributed by atoms with E-state index in [-0.39, 0.29) is 0 Å². The molecule has 1 aliphatic rings. The highest BCUT2D eigenvalue weighted by Gasteiger charge is 2.17. The monoisotopic (exact) mass is 311 g/mol. The molecule has 18 heavy (non-hydrogen) atoms. The van der Waals surface area contributed by atoms with Crippen LogP contribution in [-0.2, 0) is 11.2 Å². The minimum atomic E-state index is 0.490. The fourth-order valence-corrected chi connectivity index (χ4v) is 2.82. The van der Waals surface area contributed by atoms with E-state index in [1.54, 1.807) is 0 Å². The van der Waals surface area contributed by atoms with Crippen LogP contribution in [0.5, 0.6) is 0 Å². The first-order valence-electron chi connectivity index (χ1n) is 6.84. The molecule has 0 amide bonds. The molecule has 1 heterocycles. The standard InChI is InChI=1S/C15H22BrNO/c16-14-6-3-12(4-7-14)10-13(11-17)5-8-15-2-1-9-18-15/h3-4,6-7,13,15H,1-2,5,8-11,17H2. The second-order valence-corrected chi connectivity index (χ2v) is 6.06. The molecule has 2 nitrogen and oxygen atoms in total. The largest absolute Gasteiger partial charge is 0.378 e. The van der Waals surface area contributed by atoms with Crippen LogP contribution in [0.3, 0.4) is 0 Å². The fourth-order valence-electron chi connectivity index (χ4n) is 2.55. The lowest BCUT2D eigenvalue weighted by molar-refractivity contribution is 0.0983. The van der Waals surface area contributed by atoms with Gasteiger partial charge in [-0.05, 0) is 62.3 Å². The van der Waals surface area contributed by atoms with Crippen molar-refractivity contribution >= 4 is 15.9 Å². The molecule has 1 aromatic rings. The first-order valence-corrected chi connectivity index (χ1v) is 7.63. The summed E-state index contributed by atoms with van der Waals surface area (Å²) in [5.74, 6) is 0.579. The van der Waals surface area contributed by atoms with E-state index in [9.17, 15) is 0 Å². The summed E-state index contributed by atoms with van der Waals surface area (Å²) < 4.78 is 6.80. The van der Waals surface area contributed by atoms with Crippen molar-refractivity contribution in [2.24, 2.45) is 11.7 Å². The molecule has 0 aliphatic carbocycles. The summed E-state index contributed by atoms with van der Waals surface area (Å²) in [5, 5.41) is 0. The average molecular weight is 312 g/mol. The molecule has 0 spiro atoms. The Labute approximate surface area is 118 Å². The quantitative estimate of drug-likeness (QED) is 0.872. The number of benzene rings is 1. The van der Waals surface area contributed by atoms with E-state index in [1.807, 2.05) is 0 Å². The SMILES string of the molecule is NCC(CCC1CCCO1)Cc1ccc(Br)cc1. The molecule has 100 valence electrons. The number of nitrogens with two attached hydrogens (primary N) is 1. The van der Waals surface area contributed by atoms with Crippen molar-refractivity contribution in [1.82, 2.24) is 0 Å². The third-order valence-electron chi connectivity index (χ3n) is 3.69. The Kier molecular flexibility index (Phi) is 5.67. The zero-order valence-corrected chi connectivity index (χ0v) is 12.4. The van der Waals surface area contributed by atoms with Gasteiger partial charge in [0.15, 0.2) is 0 Å². The Morgan fingerprint density at radius 3 is 2.72 bits per heavy atom. The van der Waals surface area contributed by atoms with Gasteiger partial charge in [-0.25, -0.2) is 0 Å². The van der Waals surface area contributed by atoms with Crippen LogP contribution in [0.25, 0.3) is 0 Å². The summed E-state index contributed by atoms with van der Waals surface area (Å²) in [5.41, 5.74) is 7.26. The summed E-state index contributed by atoms with van der Waals surface area (Å²) in [4.78, 5) is 0. The molecule has 2 unspecified atom stereocenters. The predicted molar refractivity (Wildman–Crippen MR) is 78.6 cm³/mol. The number of ether oxygens (including phenoxy) is 1. The van der Waals surface area contributed by atoms with Gasteiger partial charge in [0, 0.05) is 11.1 Å². The van der Waals surface area contributed by atoms with Crippen molar-refractivity contribution in [3.8, 4) is 0 Å². The van der Waals surface area contributed by atoms with E-state index >= 15 is 0 Å². The smallest absolute Gasteiger partial charge is 0.0576 e. The van der Waals surface area contributed by atoms with Gasteiger partial charge in [0.1, 0.15) is 0 Å². The zero-order chi connectivity index (χ0) is 12.8. The van der Waals surface area contributed by atoms with Gasteiger partial charge in [-0.2, -0.15) is 0 Å². The van der Waals surface area contributed by atoms with Crippen LogP contribution in [0, 0.1) is 5.92 Å². The van der Waals surface area contributed by atoms with E-state index in [0.717, 1.165) is 24.0 Å². The second-order valence-electron chi connectivity index (χ2n) is 5.14. The van der Waals surface area contributed by atoms with Gasteiger partial charge in [-0.1, -0.05) is 28.1 Å². The van der Waals surface area contributed by atoms with E-state index in [4.69, 9.17) is 10.5 Å². The van der Waals surface area contributed by atoms with Crippen LogP contribution < -0.4 is 5.73 Å². The molecule has 2 N–H and O–H groups in total. The Bertz CT molecular complexity index is 346. The molecule has 1 aliphatic heterocycles. The molecule has 3 heteroatoms. The lowest BCUT2D eigenvalue weighted by atomic mass is 9.93. The van der Waals surface area contributed by atoms with Crippen LogP contribution in [0.4, 0.5) is 0 Å². The minimum Gasteiger partial charge on any atom is -0.378 e. The Balaban J connectivity index is 1.79. The number of hydrogen-bond donors (Lipinski definition) is 1. The second kappa shape index (κ2) is 7.27. The van der Waals surface area contributed by atoms with Gasteiger partial charge in [0.25, 0.3) is 0 Å². The van der Waals surface area contributed by atoms with Crippen molar-refractivity contribution in [1.29, 1.82) is 0 Å². The fraction of sp³-hybridized carbons (Fsp3) is 0.600. The maximum absolute atomic E-state index is 5.89. The third-order valence-corrected chi connectivity index (χ3v) is 4.22. The van der Waals surface area contributed by atoms with Crippen molar-refractivity contribution in [3.05, 3.63) is 34.3 Å². The van der Waals surface area contributed by atoms with Crippen molar-refractivity contribution in [3.63, 3.8) is 0 Å². The van der Waals surface area contributed by atoms with Gasteiger partial charge in [0.05, 0.1) is 6.10 Å². The highest BCUT2D eigenvalue weighted by molar-refractivity contribution is 9.10. The maximum atomic E-state index is 5.89. The molecule has 0 aromatic heterocycles. The van der Waals surface area contributed by atoms with E-state index in [0.29, 0.717) is 12.0 Å². The molecule has 1 aromatic carbocycles. The Morgan fingerprint density at radius 1 is 1.33 bits per heavy atom. The molecule has 0 bridgehead atoms. The third kappa shape index (κ3) is 4.38. The highest BCUT2D eigenvalue weighted by atomic mass is 79.9. The molecule has 1 fully saturated rings. The van der Waals surface area contributed by atoms with Gasteiger partial charge in [0.2, 0.25) is 0 Å². The summed E-state index contributed by atoms with van der Waals surface area (Å²) in [6.45, 7) is 1.72. The van der Waals surface area contributed by atoms with Crippen molar-refractivity contribution in [2.45, 2.75) is 38.2 Å². The van der Waals surface area contributed by atoms with Crippen LogP contribution in [0.15, 0.2) is 28.7 Å². The molecule has 2 atom stereocenters. The lowest BCUT2D eigenvalue weighted by Crippen LogP contribution is -2.19. The maximum Gasteiger partial charge on any atom is 0.0576 e. The molecule has 1 saturated heterocycles. The van der Waals surface area contributed by atoms with E-state index in [2.05, 4.69) is 40.2 Å². The molecule has 2 rings (SSSR count). The van der Waals surface area contributed by atoms with Gasteiger partial charge >= 0.3 is 0 Å². The molecular weight excluding hydrogens is 290 g/mol.